The zero-order valence-corrected chi connectivity index (χ0v) is 35.2. The van der Waals surface area contributed by atoms with Crippen LogP contribution < -0.4 is 5.32 Å². The number of esters is 4. The van der Waals surface area contributed by atoms with Gasteiger partial charge in [0.05, 0.1) is 35.6 Å². The Bertz CT molecular complexity index is 2280. The van der Waals surface area contributed by atoms with E-state index >= 15 is 4.79 Å². The second kappa shape index (κ2) is 16.5. The Morgan fingerprint density at radius 1 is 0.823 bits per heavy atom. The zero-order valence-electron chi connectivity index (χ0n) is 35.2. The number of carbonyl (C=O) groups is 6. The Morgan fingerprint density at radius 2 is 1.40 bits per heavy atom. The van der Waals surface area contributed by atoms with Gasteiger partial charge in [-0.1, -0.05) is 80.6 Å². The van der Waals surface area contributed by atoms with Crippen molar-refractivity contribution in [1.29, 1.82) is 0 Å². The Balaban J connectivity index is 1.39. The maximum absolute atomic E-state index is 15.5. The Kier molecular flexibility index (Phi) is 11.8. The maximum Gasteiger partial charge on any atom is 0.338 e. The van der Waals surface area contributed by atoms with Crippen LogP contribution >= 0.6 is 0 Å². The van der Waals surface area contributed by atoms with Crippen LogP contribution in [0.5, 0.6) is 0 Å². The van der Waals surface area contributed by atoms with E-state index < -0.39 is 113 Å². The summed E-state index contributed by atoms with van der Waals surface area (Å²) in [6.07, 6.45) is -10.5. The highest BCUT2D eigenvalue weighted by molar-refractivity contribution is 5.96. The number of ketones is 1. The minimum Gasteiger partial charge on any atom is -0.456 e. The van der Waals surface area contributed by atoms with Crippen LogP contribution in [0.1, 0.15) is 86.7 Å². The van der Waals surface area contributed by atoms with E-state index in [1.165, 1.54) is 26.0 Å². The number of Topliss-reactive ketones (excluding diaryl/α,β-unsaturated/α-hetero) is 1. The van der Waals surface area contributed by atoms with E-state index in [0.717, 1.165) is 13.8 Å². The molecule has 1 aliphatic heterocycles. The molecule has 0 spiro atoms. The SMILES string of the molecule is CC(=O)O[C@H]1C(=O)[C@@]2(C)C([C@H](OC(=O)c3ccccc3)[C@]3(O)C[C@H](OC(=O)[C@H](O)[C@@H](NC(=O)c4ccccc4)c4ccccc4)C(C)=C1C3(C)C)[C@]1(OC(C)=O)CO[C@@H]1C[C@H]2O. The first-order chi connectivity index (χ1) is 29.3. The molecule has 0 radical (unpaired) electrons. The first-order valence-electron chi connectivity index (χ1n) is 20.5. The molecule has 328 valence electrons. The van der Waals surface area contributed by atoms with Gasteiger partial charge >= 0.3 is 23.9 Å². The van der Waals surface area contributed by atoms with Crippen LogP contribution in [-0.2, 0) is 42.9 Å². The molecule has 3 aromatic rings. The van der Waals surface area contributed by atoms with Gasteiger partial charge in [0.25, 0.3) is 5.91 Å². The quantitative estimate of drug-likeness (QED) is 0.130. The molecule has 15 heteroatoms. The molecule has 3 fully saturated rings. The molecule has 11 atom stereocenters. The lowest BCUT2D eigenvalue weighted by Gasteiger charge is -2.67. The van der Waals surface area contributed by atoms with E-state index in [1.807, 2.05) is 0 Å². The van der Waals surface area contributed by atoms with Crippen molar-refractivity contribution in [2.75, 3.05) is 6.61 Å². The Hall–Kier alpha value is -5.74. The van der Waals surface area contributed by atoms with E-state index in [9.17, 15) is 39.3 Å². The van der Waals surface area contributed by atoms with Gasteiger partial charge in [-0.3, -0.25) is 19.2 Å². The summed E-state index contributed by atoms with van der Waals surface area (Å²) < 4.78 is 30.3. The van der Waals surface area contributed by atoms with Crippen LogP contribution in [0.25, 0.3) is 0 Å². The van der Waals surface area contributed by atoms with Crippen molar-refractivity contribution in [2.24, 2.45) is 16.7 Å². The highest BCUT2D eigenvalue weighted by Gasteiger charge is 2.78. The van der Waals surface area contributed by atoms with Gasteiger partial charge in [0.2, 0.25) is 0 Å². The van der Waals surface area contributed by atoms with E-state index in [2.05, 4.69) is 5.32 Å². The first kappa shape index (κ1) is 44.3. The van der Waals surface area contributed by atoms with Gasteiger partial charge in [0.1, 0.15) is 23.9 Å². The van der Waals surface area contributed by atoms with Crippen LogP contribution in [0.3, 0.4) is 0 Å². The number of amides is 1. The number of hydrogen-bond donors (Lipinski definition) is 4. The molecule has 4 N–H and O–H groups in total. The Labute approximate surface area is 358 Å². The normalized spacial score (nSPS) is 31.9. The predicted molar refractivity (Wildman–Crippen MR) is 218 cm³/mol. The summed E-state index contributed by atoms with van der Waals surface area (Å²) in [6.45, 7) is 7.97. The number of aliphatic hydroxyl groups excluding tert-OH is 2. The predicted octanol–water partition coefficient (Wildman–Crippen LogP) is 3.74. The third kappa shape index (κ3) is 7.29. The van der Waals surface area contributed by atoms with Crippen molar-refractivity contribution in [3.8, 4) is 0 Å². The van der Waals surface area contributed by atoms with E-state index in [1.54, 1.807) is 92.7 Å². The van der Waals surface area contributed by atoms with E-state index in [0.29, 0.717) is 5.56 Å². The molecule has 4 aliphatic rings. The summed E-state index contributed by atoms with van der Waals surface area (Å²) in [5, 5.41) is 40.2. The van der Waals surface area contributed by atoms with E-state index in [4.69, 9.17) is 23.7 Å². The summed E-state index contributed by atoms with van der Waals surface area (Å²) in [5.41, 5.74) is -7.02. The van der Waals surface area contributed by atoms with Gasteiger partial charge in [0.15, 0.2) is 23.6 Å². The average Bonchev–Trinajstić information content (AvgIpc) is 3.24. The highest BCUT2D eigenvalue weighted by Crippen LogP contribution is 2.64. The van der Waals surface area contributed by atoms with Crippen LogP contribution in [0, 0.1) is 16.7 Å². The number of carbonyl (C=O) groups excluding carboxylic acids is 6. The van der Waals surface area contributed by atoms with Gasteiger partial charge in [-0.25, -0.2) is 9.59 Å². The molecule has 1 saturated heterocycles. The molecule has 1 heterocycles. The summed E-state index contributed by atoms with van der Waals surface area (Å²) >= 11 is 0. The minimum absolute atomic E-state index is 0.00289. The highest BCUT2D eigenvalue weighted by atomic mass is 16.6. The molecule has 62 heavy (non-hydrogen) atoms. The minimum atomic E-state index is -2.39. The van der Waals surface area contributed by atoms with Crippen molar-refractivity contribution < 1.29 is 67.8 Å². The van der Waals surface area contributed by atoms with Crippen molar-refractivity contribution in [3.05, 3.63) is 119 Å². The van der Waals surface area contributed by atoms with Crippen molar-refractivity contribution >= 4 is 35.6 Å². The largest absolute Gasteiger partial charge is 0.456 e. The van der Waals surface area contributed by atoms with Crippen LogP contribution in [0.15, 0.2) is 102 Å². The number of benzene rings is 3. The number of nitrogens with one attached hydrogen (secondary N) is 1. The standard InChI is InChI=1S/C47H51NO14/c1-25-31(60-43(56)36(52)35(28-16-10-7-11-17-28)48-41(54)29-18-12-8-13-19-29)23-47(57)40(61-42(55)30-20-14-9-15-21-30)38-45(6,32(51)22-33-46(38,24-58-33)62-27(3)50)39(53)37(59-26(2)49)34(25)44(47,4)5/h7-21,31-33,35-38,40,51-52,57H,22-24H2,1-6H3,(H,48,54)/t31-,32+,33+,35-,36+,37+,38?,40-,45+,46-,47+/m0/s1. The summed E-state index contributed by atoms with van der Waals surface area (Å²) in [7, 11) is 0. The zero-order chi connectivity index (χ0) is 44.9. The molecule has 3 aromatic carbocycles. The molecule has 2 bridgehead atoms. The van der Waals surface area contributed by atoms with Crippen LogP contribution in [0.4, 0.5) is 0 Å². The maximum atomic E-state index is 15.5. The van der Waals surface area contributed by atoms with Gasteiger partial charge < -0.3 is 44.3 Å². The van der Waals surface area contributed by atoms with Gasteiger partial charge in [0, 0.05) is 37.7 Å². The molecule has 1 unspecified atom stereocenters. The van der Waals surface area contributed by atoms with Crippen LogP contribution in [0.2, 0.25) is 0 Å². The summed E-state index contributed by atoms with van der Waals surface area (Å²) in [5.74, 6) is -6.84. The van der Waals surface area contributed by atoms with Crippen molar-refractivity contribution in [3.63, 3.8) is 0 Å². The van der Waals surface area contributed by atoms with Gasteiger partial charge in [-0.2, -0.15) is 0 Å². The van der Waals surface area contributed by atoms with Gasteiger partial charge in [-0.05, 0) is 54.8 Å². The molecule has 7 rings (SSSR count). The number of aliphatic hydroxyl groups is 3. The molecule has 3 aliphatic carbocycles. The molecular formula is C47H51NO14. The van der Waals surface area contributed by atoms with Crippen molar-refractivity contribution in [2.45, 2.75) is 108 Å². The van der Waals surface area contributed by atoms with E-state index in [-0.39, 0.29) is 35.3 Å². The lowest BCUT2D eigenvalue weighted by atomic mass is 9.44. The topological polar surface area (TPSA) is 221 Å². The first-order valence-corrected chi connectivity index (χ1v) is 20.5. The third-order valence-electron chi connectivity index (χ3n) is 13.5. The Morgan fingerprint density at radius 3 is 1.95 bits per heavy atom. The third-order valence-corrected chi connectivity index (χ3v) is 13.5. The van der Waals surface area contributed by atoms with Crippen LogP contribution in [-0.4, -0.2) is 105 Å². The fourth-order valence-corrected chi connectivity index (χ4v) is 10.2. The smallest absolute Gasteiger partial charge is 0.338 e. The molecular weight excluding hydrogens is 803 g/mol. The molecule has 2 saturated carbocycles. The lowest BCUT2D eigenvalue weighted by Crippen LogP contribution is -2.82. The number of hydrogen-bond acceptors (Lipinski definition) is 14. The fraction of sp³-hybridized carbons (Fsp3) is 0.447. The average molecular weight is 854 g/mol. The fourth-order valence-electron chi connectivity index (χ4n) is 10.2. The van der Waals surface area contributed by atoms with Crippen molar-refractivity contribution in [1.82, 2.24) is 5.32 Å². The molecule has 15 nitrogen and oxygen atoms in total. The number of fused-ring (bicyclic) bond motifs is 5. The lowest BCUT2D eigenvalue weighted by molar-refractivity contribution is -0.346. The second-order valence-corrected chi connectivity index (χ2v) is 17.4. The number of rotatable bonds is 10. The summed E-state index contributed by atoms with van der Waals surface area (Å²) in [4.78, 5) is 83.5. The van der Waals surface area contributed by atoms with Gasteiger partial charge in [-0.15, -0.1) is 0 Å². The second-order valence-electron chi connectivity index (χ2n) is 17.4. The monoisotopic (exact) mass is 853 g/mol. The molecule has 0 aromatic heterocycles. The molecule has 1 amide bonds. The number of ether oxygens (including phenoxy) is 5. The summed E-state index contributed by atoms with van der Waals surface area (Å²) in [6, 6.07) is 22.9.